The van der Waals surface area contributed by atoms with E-state index in [0.29, 0.717) is 39.1 Å². The van der Waals surface area contributed by atoms with Crippen LogP contribution in [0.3, 0.4) is 0 Å². The van der Waals surface area contributed by atoms with Gasteiger partial charge in [0.1, 0.15) is 5.82 Å². The third-order valence-electron chi connectivity index (χ3n) is 6.73. The van der Waals surface area contributed by atoms with Gasteiger partial charge < -0.3 is 11.1 Å². The molecule has 0 radical (unpaired) electrons. The Morgan fingerprint density at radius 3 is 2.76 bits per heavy atom. The van der Waals surface area contributed by atoms with E-state index in [2.05, 4.69) is 37.5 Å². The van der Waals surface area contributed by atoms with Crippen molar-refractivity contribution in [1.29, 1.82) is 5.26 Å². The third kappa shape index (κ3) is 6.45. The second-order valence-electron chi connectivity index (χ2n) is 10.5. The van der Waals surface area contributed by atoms with Crippen molar-refractivity contribution in [2.75, 3.05) is 16.0 Å². The molecule has 1 aromatic heterocycles. The van der Waals surface area contributed by atoms with E-state index in [1.807, 2.05) is 80.6 Å². The minimum absolute atomic E-state index is 0.00690. The lowest BCUT2D eigenvalue weighted by molar-refractivity contribution is -0.118. The van der Waals surface area contributed by atoms with Crippen LogP contribution in [-0.4, -0.2) is 27.6 Å². The van der Waals surface area contributed by atoms with Crippen LogP contribution in [0.1, 0.15) is 32.3 Å². The predicted molar refractivity (Wildman–Crippen MR) is 167 cm³/mol. The molecule has 11 heteroatoms. The first-order chi connectivity index (χ1) is 19.6. The molecule has 1 atom stereocenters. The molecule has 0 saturated carbocycles. The van der Waals surface area contributed by atoms with Gasteiger partial charge in [-0.3, -0.25) is 14.5 Å². The number of ketones is 1. The Morgan fingerprint density at radius 1 is 1.24 bits per heavy atom. The Balaban J connectivity index is 1.43. The van der Waals surface area contributed by atoms with Crippen LogP contribution in [0.2, 0.25) is 0 Å². The van der Waals surface area contributed by atoms with Crippen LogP contribution in [0.15, 0.2) is 92.1 Å². The number of nitrogens with one attached hydrogen (secondary N) is 1. The SMILES string of the molecule is CC1(C)CC(=O)C2=C(C1)N(c1nnc(SCC(=O)Nc3cccc(Br)c3)s1)C(N)=C(C#N)C2/C=C/c1ccccc1. The zero-order valence-corrected chi connectivity index (χ0v) is 25.6. The fourth-order valence-corrected chi connectivity index (χ4v) is 7.05. The molecule has 41 heavy (non-hydrogen) atoms. The molecule has 1 amide bonds. The summed E-state index contributed by atoms with van der Waals surface area (Å²) in [4.78, 5) is 27.8. The molecule has 1 unspecified atom stereocenters. The number of nitriles is 1. The van der Waals surface area contributed by atoms with Gasteiger partial charge in [0.15, 0.2) is 10.1 Å². The highest BCUT2D eigenvalue weighted by Crippen LogP contribution is 2.48. The predicted octanol–water partition coefficient (Wildman–Crippen LogP) is 6.52. The molecule has 1 aliphatic carbocycles. The fourth-order valence-electron chi connectivity index (χ4n) is 4.97. The number of allylic oxidation sites excluding steroid dienone is 4. The maximum absolute atomic E-state index is 13.6. The van der Waals surface area contributed by atoms with Crippen molar-refractivity contribution in [2.24, 2.45) is 17.1 Å². The highest BCUT2D eigenvalue weighted by atomic mass is 79.9. The van der Waals surface area contributed by atoms with E-state index in [4.69, 9.17) is 5.73 Å². The Kier molecular flexibility index (Phi) is 8.45. The number of thioether (sulfide) groups is 1. The van der Waals surface area contributed by atoms with Gasteiger partial charge in [-0.05, 0) is 35.6 Å². The van der Waals surface area contributed by atoms with Crippen molar-refractivity contribution in [3.8, 4) is 6.07 Å². The molecule has 1 aliphatic heterocycles. The molecular formula is C30H27BrN6O2S2. The topological polar surface area (TPSA) is 125 Å². The summed E-state index contributed by atoms with van der Waals surface area (Å²) in [6.45, 7) is 4.10. The summed E-state index contributed by atoms with van der Waals surface area (Å²) in [5, 5.41) is 22.2. The lowest BCUT2D eigenvalue weighted by Gasteiger charge is -2.41. The van der Waals surface area contributed by atoms with Crippen LogP contribution in [0.4, 0.5) is 10.8 Å². The lowest BCUT2D eigenvalue weighted by atomic mass is 9.70. The van der Waals surface area contributed by atoms with Crippen molar-refractivity contribution >= 4 is 67.6 Å². The Bertz CT molecular complexity index is 1640. The number of halogens is 1. The van der Waals surface area contributed by atoms with Gasteiger partial charge in [-0.25, -0.2) is 0 Å². The number of nitrogens with two attached hydrogens (primary N) is 1. The van der Waals surface area contributed by atoms with E-state index in [1.165, 1.54) is 23.1 Å². The first kappa shape index (κ1) is 28.8. The monoisotopic (exact) mass is 646 g/mol. The van der Waals surface area contributed by atoms with Gasteiger partial charge in [-0.1, -0.05) is 101 Å². The van der Waals surface area contributed by atoms with Crippen molar-refractivity contribution in [3.05, 3.63) is 93.4 Å². The van der Waals surface area contributed by atoms with Crippen LogP contribution in [0.5, 0.6) is 0 Å². The highest BCUT2D eigenvalue weighted by Gasteiger charge is 2.44. The number of nitrogens with zero attached hydrogens (tertiary/aromatic N) is 4. The summed E-state index contributed by atoms with van der Waals surface area (Å²) in [6.07, 6.45) is 4.76. The van der Waals surface area contributed by atoms with Gasteiger partial charge in [-0.15, -0.1) is 10.2 Å². The van der Waals surface area contributed by atoms with Crippen molar-refractivity contribution in [1.82, 2.24) is 10.2 Å². The van der Waals surface area contributed by atoms with Crippen molar-refractivity contribution < 1.29 is 9.59 Å². The number of rotatable bonds is 7. The second-order valence-corrected chi connectivity index (χ2v) is 13.6. The third-order valence-corrected chi connectivity index (χ3v) is 9.26. The number of amides is 1. The minimum atomic E-state index is -0.557. The quantitative estimate of drug-likeness (QED) is 0.278. The molecule has 2 heterocycles. The van der Waals surface area contributed by atoms with Gasteiger partial charge in [0, 0.05) is 33.8 Å². The lowest BCUT2D eigenvalue weighted by Crippen LogP contribution is -2.42. The minimum Gasteiger partial charge on any atom is -0.384 e. The molecule has 5 rings (SSSR count). The summed E-state index contributed by atoms with van der Waals surface area (Å²) in [6, 6.07) is 19.4. The van der Waals surface area contributed by atoms with Crippen molar-refractivity contribution in [3.63, 3.8) is 0 Å². The summed E-state index contributed by atoms with van der Waals surface area (Å²) in [5.41, 5.74) is 9.63. The van der Waals surface area contributed by atoms with E-state index in [9.17, 15) is 14.9 Å². The van der Waals surface area contributed by atoms with Gasteiger partial charge in [0.05, 0.1) is 17.4 Å². The Morgan fingerprint density at radius 2 is 2.02 bits per heavy atom. The Hall–Kier alpha value is -3.72. The molecule has 208 valence electrons. The van der Waals surface area contributed by atoms with Crippen LogP contribution in [-0.2, 0) is 9.59 Å². The van der Waals surface area contributed by atoms with E-state index >= 15 is 0 Å². The Labute approximate surface area is 255 Å². The van der Waals surface area contributed by atoms with E-state index in [-0.39, 0.29) is 28.7 Å². The molecule has 2 aromatic carbocycles. The smallest absolute Gasteiger partial charge is 0.234 e. The van der Waals surface area contributed by atoms with Crippen LogP contribution in [0.25, 0.3) is 6.08 Å². The molecule has 0 bridgehead atoms. The van der Waals surface area contributed by atoms with Crippen LogP contribution in [0, 0.1) is 22.7 Å². The van der Waals surface area contributed by atoms with Crippen LogP contribution < -0.4 is 16.0 Å². The second kappa shape index (κ2) is 12.0. The molecule has 3 N–H and O–H groups in total. The maximum atomic E-state index is 13.6. The van der Waals surface area contributed by atoms with Gasteiger partial charge in [-0.2, -0.15) is 5.26 Å². The average molecular weight is 648 g/mol. The normalized spacial score (nSPS) is 18.4. The number of carbonyl (C=O) groups is 2. The number of aromatic nitrogens is 2. The molecule has 0 spiro atoms. The van der Waals surface area contributed by atoms with E-state index in [1.54, 1.807) is 4.90 Å². The fraction of sp³-hybridized carbons (Fsp3) is 0.233. The molecule has 0 fully saturated rings. The largest absolute Gasteiger partial charge is 0.384 e. The highest BCUT2D eigenvalue weighted by molar-refractivity contribution is 9.10. The zero-order valence-electron chi connectivity index (χ0n) is 22.4. The van der Waals surface area contributed by atoms with Gasteiger partial charge >= 0.3 is 0 Å². The summed E-state index contributed by atoms with van der Waals surface area (Å²) >= 11 is 5.93. The number of hydrogen-bond donors (Lipinski definition) is 2. The van der Waals surface area contributed by atoms with Crippen molar-refractivity contribution in [2.45, 2.75) is 31.0 Å². The summed E-state index contributed by atoms with van der Waals surface area (Å²) in [5.74, 6) is -0.362. The molecule has 2 aliphatic rings. The molecule has 0 saturated heterocycles. The molecule has 3 aromatic rings. The zero-order chi connectivity index (χ0) is 29.1. The number of anilines is 2. The summed E-state index contributed by atoms with van der Waals surface area (Å²) < 4.78 is 1.45. The van der Waals surface area contributed by atoms with Crippen LogP contribution >= 0.6 is 39.0 Å². The average Bonchev–Trinajstić information content (AvgIpc) is 3.39. The molecule has 8 nitrogen and oxygen atoms in total. The number of hydrogen-bond acceptors (Lipinski definition) is 9. The van der Waals surface area contributed by atoms with Gasteiger partial charge in [0.25, 0.3) is 0 Å². The molecular weight excluding hydrogens is 620 g/mol. The van der Waals surface area contributed by atoms with E-state index in [0.717, 1.165) is 15.7 Å². The summed E-state index contributed by atoms with van der Waals surface area (Å²) in [7, 11) is 0. The van der Waals surface area contributed by atoms with E-state index < -0.39 is 5.92 Å². The van der Waals surface area contributed by atoms with Gasteiger partial charge in [0.2, 0.25) is 11.0 Å². The standard InChI is InChI=1S/C30H27BrN6O2S2/c1-30(2)14-23-26(24(38)15-30)21(12-11-18-7-4-3-5-8-18)22(16-32)27(33)37(23)28-35-36-29(41-28)40-17-25(39)34-20-10-6-9-19(31)13-20/h3-13,21H,14-15,17,33H2,1-2H3,(H,34,39)/b12-11+. The maximum Gasteiger partial charge on any atom is 0.234 e. The number of benzene rings is 2. The number of Topliss-reactive ketones (excluding diaryl/α,β-unsaturated/α-hetero) is 1. The number of carbonyl (C=O) groups excluding carboxylic acids is 2. The first-order valence-corrected chi connectivity index (χ1v) is 15.5. The first-order valence-electron chi connectivity index (χ1n) is 12.9.